The van der Waals surface area contributed by atoms with Crippen molar-refractivity contribution in [3.8, 4) is 5.75 Å². The van der Waals surface area contributed by atoms with Crippen LogP contribution in [0.15, 0.2) is 60.7 Å². The molecule has 0 atom stereocenters. The molecule has 0 aliphatic carbocycles. The van der Waals surface area contributed by atoms with Gasteiger partial charge in [0.25, 0.3) is 5.91 Å². The summed E-state index contributed by atoms with van der Waals surface area (Å²) in [4.78, 5) is 12.2. The van der Waals surface area contributed by atoms with Gasteiger partial charge in [-0.15, -0.1) is 0 Å². The highest BCUT2D eigenvalue weighted by Gasteiger charge is 2.08. The lowest BCUT2D eigenvalue weighted by molar-refractivity contribution is -0.118. The van der Waals surface area contributed by atoms with E-state index in [0.29, 0.717) is 10.8 Å². The molecule has 0 aliphatic rings. The highest BCUT2D eigenvalue weighted by Crippen LogP contribution is 2.31. The smallest absolute Gasteiger partial charge is 0.262 e. The van der Waals surface area contributed by atoms with E-state index in [1.807, 2.05) is 36.4 Å². The molecule has 134 valence electrons. The number of benzene rings is 3. The maximum Gasteiger partial charge on any atom is 0.262 e. The van der Waals surface area contributed by atoms with E-state index < -0.39 is 0 Å². The number of fused-ring (bicyclic) bond motifs is 1. The normalized spacial score (nSPS) is 10.7. The van der Waals surface area contributed by atoms with Crippen LogP contribution in [0.5, 0.6) is 5.75 Å². The van der Waals surface area contributed by atoms with Gasteiger partial charge in [-0.05, 0) is 42.7 Å². The molecule has 0 saturated heterocycles. The fourth-order valence-corrected chi connectivity index (χ4v) is 3.06. The molecule has 3 nitrogen and oxygen atoms in total. The number of halogens is 1. The summed E-state index contributed by atoms with van der Waals surface area (Å²) in [6.45, 7) is 2.13. The second kappa shape index (κ2) is 8.72. The zero-order valence-electron chi connectivity index (χ0n) is 14.8. The third-order valence-electron chi connectivity index (χ3n) is 4.25. The van der Waals surface area contributed by atoms with E-state index in [1.54, 1.807) is 12.1 Å². The van der Waals surface area contributed by atoms with Crippen LogP contribution in [0, 0.1) is 0 Å². The number of hydrogen-bond acceptors (Lipinski definition) is 2. The average molecular weight is 368 g/mol. The Kier molecular flexibility index (Phi) is 6.13. The lowest BCUT2D eigenvalue weighted by Crippen LogP contribution is -2.20. The minimum Gasteiger partial charge on any atom is -0.483 e. The third-order valence-corrected chi connectivity index (χ3v) is 4.58. The van der Waals surface area contributed by atoms with E-state index in [1.165, 1.54) is 18.4 Å². The van der Waals surface area contributed by atoms with Gasteiger partial charge in [0, 0.05) is 21.5 Å². The van der Waals surface area contributed by atoms with Crippen LogP contribution in [-0.4, -0.2) is 12.5 Å². The number of hydrogen-bond donors (Lipinski definition) is 1. The molecule has 3 aromatic carbocycles. The Bertz CT molecular complexity index is 890. The van der Waals surface area contributed by atoms with Gasteiger partial charge in [-0.3, -0.25) is 4.79 Å². The number of carbonyl (C=O) groups is 1. The van der Waals surface area contributed by atoms with Gasteiger partial charge < -0.3 is 10.1 Å². The second-order valence-electron chi connectivity index (χ2n) is 6.23. The van der Waals surface area contributed by atoms with Gasteiger partial charge in [-0.1, -0.05) is 61.3 Å². The highest BCUT2D eigenvalue weighted by atomic mass is 35.5. The molecule has 0 bridgehead atoms. The number of amides is 1. The molecule has 1 amide bonds. The van der Waals surface area contributed by atoms with Gasteiger partial charge in [-0.25, -0.2) is 0 Å². The van der Waals surface area contributed by atoms with E-state index in [9.17, 15) is 4.79 Å². The Morgan fingerprint density at radius 3 is 2.46 bits per heavy atom. The summed E-state index contributed by atoms with van der Waals surface area (Å²) < 4.78 is 5.71. The summed E-state index contributed by atoms with van der Waals surface area (Å²) in [5, 5.41) is 5.34. The van der Waals surface area contributed by atoms with Crippen molar-refractivity contribution >= 4 is 34.0 Å². The fraction of sp³-hybridized carbons (Fsp3) is 0.227. The number of anilines is 1. The number of nitrogens with one attached hydrogen (secondary N) is 1. The molecule has 3 aromatic rings. The first-order chi connectivity index (χ1) is 12.7. The molecule has 0 spiro atoms. The molecule has 0 unspecified atom stereocenters. The van der Waals surface area contributed by atoms with Crippen molar-refractivity contribution in [3.05, 3.63) is 71.2 Å². The van der Waals surface area contributed by atoms with Crippen LogP contribution in [0.2, 0.25) is 5.02 Å². The lowest BCUT2D eigenvalue weighted by Gasteiger charge is -2.11. The van der Waals surface area contributed by atoms with Gasteiger partial charge in [0.1, 0.15) is 5.75 Å². The van der Waals surface area contributed by atoms with E-state index in [-0.39, 0.29) is 12.5 Å². The van der Waals surface area contributed by atoms with Crippen LogP contribution in [0.1, 0.15) is 25.3 Å². The van der Waals surface area contributed by atoms with Gasteiger partial charge in [0.2, 0.25) is 0 Å². The topological polar surface area (TPSA) is 38.3 Å². The van der Waals surface area contributed by atoms with Crippen LogP contribution in [0.25, 0.3) is 10.8 Å². The van der Waals surface area contributed by atoms with Crippen molar-refractivity contribution in [1.82, 2.24) is 0 Å². The first kappa shape index (κ1) is 18.3. The summed E-state index contributed by atoms with van der Waals surface area (Å²) in [6, 6.07) is 19.3. The molecule has 26 heavy (non-hydrogen) atoms. The summed E-state index contributed by atoms with van der Waals surface area (Å²) in [5.41, 5.74) is 2.06. The Hall–Kier alpha value is -2.52. The maximum absolute atomic E-state index is 12.2. The molecule has 3 rings (SSSR count). The van der Waals surface area contributed by atoms with E-state index in [2.05, 4.69) is 24.4 Å². The molecule has 0 fully saturated rings. The molecule has 0 aromatic heterocycles. The molecule has 0 saturated carbocycles. The minimum atomic E-state index is -0.190. The third kappa shape index (κ3) is 4.55. The zero-order chi connectivity index (χ0) is 18.4. The predicted octanol–water partition coefficient (Wildman–Crippen LogP) is 5.85. The van der Waals surface area contributed by atoms with Crippen LogP contribution < -0.4 is 10.1 Å². The Labute approximate surface area is 158 Å². The van der Waals surface area contributed by atoms with Crippen molar-refractivity contribution in [2.45, 2.75) is 26.2 Å². The highest BCUT2D eigenvalue weighted by molar-refractivity contribution is 6.35. The number of unbranched alkanes of at least 4 members (excludes halogenated alkanes) is 1. The predicted molar refractivity (Wildman–Crippen MR) is 108 cm³/mol. The van der Waals surface area contributed by atoms with Gasteiger partial charge >= 0.3 is 0 Å². The summed E-state index contributed by atoms with van der Waals surface area (Å²) in [5.74, 6) is 0.459. The largest absolute Gasteiger partial charge is 0.483 e. The van der Waals surface area contributed by atoms with E-state index in [0.717, 1.165) is 22.9 Å². The summed E-state index contributed by atoms with van der Waals surface area (Å²) >= 11 is 6.21. The molecule has 0 heterocycles. The van der Waals surface area contributed by atoms with Crippen LogP contribution in [0.4, 0.5) is 5.69 Å². The van der Waals surface area contributed by atoms with Gasteiger partial charge in [0.05, 0.1) is 0 Å². The number of carbonyl (C=O) groups excluding carboxylic acids is 1. The van der Waals surface area contributed by atoms with Gasteiger partial charge in [-0.2, -0.15) is 0 Å². The first-order valence-electron chi connectivity index (χ1n) is 8.86. The SMILES string of the molecule is CCCCc1ccc(NC(=O)COc2ccc(Cl)c3ccccc23)cc1. The quantitative estimate of drug-likeness (QED) is 0.568. The molecule has 0 radical (unpaired) electrons. The van der Waals surface area contributed by atoms with E-state index >= 15 is 0 Å². The number of rotatable bonds is 7. The lowest BCUT2D eigenvalue weighted by atomic mass is 10.1. The van der Waals surface area contributed by atoms with Crippen molar-refractivity contribution in [3.63, 3.8) is 0 Å². The fourth-order valence-electron chi connectivity index (χ4n) is 2.84. The van der Waals surface area contributed by atoms with Crippen molar-refractivity contribution in [2.24, 2.45) is 0 Å². The number of ether oxygens (including phenoxy) is 1. The molecule has 0 aliphatic heterocycles. The van der Waals surface area contributed by atoms with Crippen LogP contribution >= 0.6 is 11.6 Å². The van der Waals surface area contributed by atoms with Crippen LogP contribution in [-0.2, 0) is 11.2 Å². The standard InChI is InChI=1S/C22H22ClNO2/c1-2-3-6-16-9-11-17(12-10-16)24-22(25)15-26-21-14-13-20(23)18-7-4-5-8-19(18)21/h4-5,7-14H,2-3,6,15H2,1H3,(H,24,25). The molecular formula is C22H22ClNO2. The van der Waals surface area contributed by atoms with Gasteiger partial charge in [0.15, 0.2) is 6.61 Å². The summed E-state index contributed by atoms with van der Waals surface area (Å²) in [6.07, 6.45) is 3.42. The van der Waals surface area contributed by atoms with E-state index in [4.69, 9.17) is 16.3 Å². The second-order valence-corrected chi connectivity index (χ2v) is 6.64. The Balaban J connectivity index is 1.60. The summed E-state index contributed by atoms with van der Waals surface area (Å²) in [7, 11) is 0. The van der Waals surface area contributed by atoms with Crippen molar-refractivity contribution in [2.75, 3.05) is 11.9 Å². The maximum atomic E-state index is 12.2. The Morgan fingerprint density at radius 1 is 1.00 bits per heavy atom. The Morgan fingerprint density at radius 2 is 1.73 bits per heavy atom. The monoisotopic (exact) mass is 367 g/mol. The van der Waals surface area contributed by atoms with Crippen molar-refractivity contribution in [1.29, 1.82) is 0 Å². The molecule has 1 N–H and O–H groups in total. The molecule has 4 heteroatoms. The average Bonchev–Trinajstić information content (AvgIpc) is 2.67. The number of aryl methyl sites for hydroxylation is 1. The zero-order valence-corrected chi connectivity index (χ0v) is 15.6. The molecular weight excluding hydrogens is 346 g/mol. The van der Waals surface area contributed by atoms with Crippen molar-refractivity contribution < 1.29 is 9.53 Å². The first-order valence-corrected chi connectivity index (χ1v) is 9.24. The van der Waals surface area contributed by atoms with Crippen LogP contribution in [0.3, 0.4) is 0 Å². The minimum absolute atomic E-state index is 0.0524.